The quantitative estimate of drug-likeness (QED) is 0.852. The van der Waals surface area contributed by atoms with Crippen LogP contribution >= 0.6 is 0 Å². The summed E-state index contributed by atoms with van der Waals surface area (Å²) in [4.78, 5) is 4.02. The number of benzene rings is 1. The zero-order valence-corrected chi connectivity index (χ0v) is 13.7. The summed E-state index contributed by atoms with van der Waals surface area (Å²) >= 11 is 0. The number of aromatic nitrogens is 1. The highest BCUT2D eigenvalue weighted by Crippen LogP contribution is 2.55. The summed E-state index contributed by atoms with van der Waals surface area (Å²) in [6, 6.07) is 6.76. The van der Waals surface area contributed by atoms with Gasteiger partial charge in [-0.25, -0.2) is 4.98 Å². The molecule has 0 amide bonds. The molecule has 3 nitrogen and oxygen atoms in total. The van der Waals surface area contributed by atoms with Crippen LogP contribution in [0.3, 0.4) is 0 Å². The van der Waals surface area contributed by atoms with Gasteiger partial charge in [0.25, 0.3) is 5.89 Å². The zero-order chi connectivity index (χ0) is 16.8. The number of aliphatic hydroxyl groups is 1. The third kappa shape index (κ3) is 2.28. The number of hydrogen-bond donors (Lipinski definition) is 1. The molecule has 2 fully saturated rings. The molecule has 0 unspecified atom stereocenters. The predicted octanol–water partition coefficient (Wildman–Crippen LogP) is 5.03. The predicted molar refractivity (Wildman–Crippen MR) is 86.8 cm³/mol. The number of alkyl halides is 2. The van der Waals surface area contributed by atoms with E-state index >= 15 is 8.78 Å². The van der Waals surface area contributed by atoms with Gasteiger partial charge in [-0.15, -0.1) is 0 Å². The first-order valence-electron chi connectivity index (χ1n) is 8.99. The van der Waals surface area contributed by atoms with Crippen LogP contribution < -0.4 is 0 Å². The second kappa shape index (κ2) is 5.80. The molecule has 2 aromatic rings. The van der Waals surface area contributed by atoms with Gasteiger partial charge in [0.05, 0.1) is 0 Å². The Morgan fingerprint density at radius 1 is 0.958 bits per heavy atom. The number of hydrogen-bond acceptors (Lipinski definition) is 3. The molecule has 2 saturated carbocycles. The standard InChI is InChI=1S/C19H23F2NO2/c20-19(21,17-22-15-11-5-6-12-16(15)24-17)18(23,13-7-1-2-8-13)14-9-3-4-10-14/h5-6,11-14,23H,1-4,7-10H2. The van der Waals surface area contributed by atoms with Crippen molar-refractivity contribution in [1.82, 2.24) is 4.98 Å². The van der Waals surface area contributed by atoms with Gasteiger partial charge in [0.15, 0.2) is 5.58 Å². The Bertz CT molecular complexity index is 666. The molecule has 1 N–H and O–H groups in total. The van der Waals surface area contributed by atoms with Crippen LogP contribution in [0.4, 0.5) is 8.78 Å². The number of nitrogens with zero attached hydrogens (tertiary/aromatic N) is 1. The molecular formula is C19H23F2NO2. The van der Waals surface area contributed by atoms with Gasteiger partial charge in [-0.05, 0) is 49.7 Å². The molecule has 2 aliphatic rings. The van der Waals surface area contributed by atoms with Gasteiger partial charge in [0.2, 0.25) is 0 Å². The maximum absolute atomic E-state index is 15.5. The van der Waals surface area contributed by atoms with Crippen LogP contribution in [-0.2, 0) is 5.92 Å². The summed E-state index contributed by atoms with van der Waals surface area (Å²) in [5.74, 6) is -4.88. The molecular weight excluding hydrogens is 312 g/mol. The Morgan fingerprint density at radius 3 is 2.04 bits per heavy atom. The maximum Gasteiger partial charge on any atom is 0.350 e. The fourth-order valence-corrected chi connectivity index (χ4v) is 4.76. The molecule has 2 aliphatic carbocycles. The van der Waals surface area contributed by atoms with E-state index < -0.39 is 17.4 Å². The van der Waals surface area contributed by atoms with Gasteiger partial charge < -0.3 is 9.52 Å². The van der Waals surface area contributed by atoms with Gasteiger partial charge in [-0.1, -0.05) is 37.8 Å². The average molecular weight is 335 g/mol. The van der Waals surface area contributed by atoms with E-state index in [4.69, 9.17) is 4.42 Å². The SMILES string of the molecule is OC(C1CCCC1)(C1CCCC1)C(F)(F)c1nc2ccccc2o1. The number of oxazole rings is 1. The highest BCUT2D eigenvalue weighted by atomic mass is 19.3. The van der Waals surface area contributed by atoms with Crippen LogP contribution in [-0.4, -0.2) is 15.7 Å². The molecule has 0 radical (unpaired) electrons. The molecule has 24 heavy (non-hydrogen) atoms. The highest BCUT2D eigenvalue weighted by Gasteiger charge is 2.64. The second-order valence-corrected chi connectivity index (χ2v) is 7.35. The lowest BCUT2D eigenvalue weighted by Crippen LogP contribution is -2.56. The molecule has 0 saturated heterocycles. The van der Waals surface area contributed by atoms with E-state index in [0.29, 0.717) is 36.8 Å². The van der Waals surface area contributed by atoms with Gasteiger partial charge in [0, 0.05) is 0 Å². The van der Waals surface area contributed by atoms with Gasteiger partial charge in [0.1, 0.15) is 11.1 Å². The normalized spacial score (nSPS) is 21.1. The molecule has 1 aromatic carbocycles. The Labute approximate surface area is 140 Å². The lowest BCUT2D eigenvalue weighted by Gasteiger charge is -2.43. The molecule has 0 bridgehead atoms. The fraction of sp³-hybridized carbons (Fsp3) is 0.632. The summed E-state index contributed by atoms with van der Waals surface area (Å²) in [6.07, 6.45) is 6.25. The zero-order valence-electron chi connectivity index (χ0n) is 13.7. The largest absolute Gasteiger partial charge is 0.435 e. The third-order valence-corrected chi connectivity index (χ3v) is 6.02. The first-order chi connectivity index (χ1) is 11.5. The average Bonchev–Trinajstić information content (AvgIpc) is 3.34. The first-order valence-corrected chi connectivity index (χ1v) is 8.99. The minimum absolute atomic E-state index is 0.340. The topological polar surface area (TPSA) is 46.3 Å². The smallest absolute Gasteiger partial charge is 0.350 e. The van der Waals surface area contributed by atoms with Crippen molar-refractivity contribution in [2.45, 2.75) is 62.9 Å². The van der Waals surface area contributed by atoms with Crippen LogP contribution in [0, 0.1) is 11.8 Å². The molecule has 0 spiro atoms. The molecule has 0 atom stereocenters. The summed E-state index contributed by atoms with van der Waals surface area (Å²) in [5.41, 5.74) is -1.30. The van der Waals surface area contributed by atoms with E-state index in [1.807, 2.05) is 0 Å². The van der Waals surface area contributed by atoms with Crippen LogP contribution in [0.15, 0.2) is 28.7 Å². The van der Waals surface area contributed by atoms with Gasteiger partial charge in [-0.3, -0.25) is 0 Å². The molecule has 1 heterocycles. The van der Waals surface area contributed by atoms with Crippen molar-refractivity contribution in [2.24, 2.45) is 11.8 Å². The van der Waals surface area contributed by atoms with E-state index in [1.165, 1.54) is 0 Å². The van der Waals surface area contributed by atoms with Crippen molar-refractivity contribution in [2.75, 3.05) is 0 Å². The monoisotopic (exact) mass is 335 g/mol. The van der Waals surface area contributed by atoms with Crippen molar-refractivity contribution >= 4 is 11.1 Å². The van der Waals surface area contributed by atoms with Crippen LogP contribution in [0.1, 0.15) is 57.3 Å². The van der Waals surface area contributed by atoms with Crippen molar-refractivity contribution in [3.63, 3.8) is 0 Å². The Morgan fingerprint density at radius 2 is 1.50 bits per heavy atom. The Balaban J connectivity index is 1.79. The highest BCUT2D eigenvalue weighted by molar-refractivity contribution is 5.72. The summed E-state index contributed by atoms with van der Waals surface area (Å²) < 4.78 is 36.5. The number of halogens is 2. The van der Waals surface area contributed by atoms with Crippen molar-refractivity contribution in [1.29, 1.82) is 0 Å². The van der Waals surface area contributed by atoms with Crippen molar-refractivity contribution < 1.29 is 18.3 Å². The molecule has 1 aromatic heterocycles. The summed E-state index contributed by atoms with van der Waals surface area (Å²) in [6.45, 7) is 0. The molecule has 0 aliphatic heterocycles. The van der Waals surface area contributed by atoms with Crippen molar-refractivity contribution in [3.05, 3.63) is 30.2 Å². The number of rotatable bonds is 4. The first kappa shape index (κ1) is 16.0. The van der Waals surface area contributed by atoms with E-state index in [0.717, 1.165) is 25.7 Å². The molecule has 5 heteroatoms. The summed E-state index contributed by atoms with van der Waals surface area (Å²) in [5, 5.41) is 11.4. The van der Waals surface area contributed by atoms with E-state index in [-0.39, 0.29) is 11.8 Å². The van der Waals surface area contributed by atoms with Gasteiger partial charge in [-0.2, -0.15) is 8.78 Å². The lowest BCUT2D eigenvalue weighted by atomic mass is 9.70. The maximum atomic E-state index is 15.5. The van der Waals surface area contributed by atoms with Gasteiger partial charge >= 0.3 is 5.92 Å². The molecule has 130 valence electrons. The minimum Gasteiger partial charge on any atom is -0.435 e. The van der Waals surface area contributed by atoms with Crippen LogP contribution in [0.2, 0.25) is 0 Å². The minimum atomic E-state index is -3.48. The Kier molecular flexibility index (Phi) is 3.87. The van der Waals surface area contributed by atoms with Crippen molar-refractivity contribution in [3.8, 4) is 0 Å². The summed E-state index contributed by atoms with van der Waals surface area (Å²) in [7, 11) is 0. The van der Waals surface area contributed by atoms with Crippen LogP contribution in [0.5, 0.6) is 0 Å². The molecule has 4 rings (SSSR count). The fourth-order valence-electron chi connectivity index (χ4n) is 4.76. The lowest BCUT2D eigenvalue weighted by molar-refractivity contribution is -0.250. The number of fused-ring (bicyclic) bond motifs is 1. The third-order valence-electron chi connectivity index (χ3n) is 6.02. The second-order valence-electron chi connectivity index (χ2n) is 7.35. The van der Waals surface area contributed by atoms with E-state index in [2.05, 4.69) is 4.98 Å². The number of para-hydroxylation sites is 2. The van der Waals surface area contributed by atoms with E-state index in [1.54, 1.807) is 24.3 Å². The van der Waals surface area contributed by atoms with Crippen LogP contribution in [0.25, 0.3) is 11.1 Å². The van der Waals surface area contributed by atoms with E-state index in [9.17, 15) is 5.11 Å². The Hall–Kier alpha value is -1.49.